The van der Waals surface area contributed by atoms with E-state index in [1.807, 2.05) is 43.3 Å². The number of carbonyl (C=O) groups is 1. The molecule has 4 rings (SSSR count). The van der Waals surface area contributed by atoms with Gasteiger partial charge in [-0.3, -0.25) is 4.79 Å². The Labute approximate surface area is 191 Å². The van der Waals surface area contributed by atoms with E-state index < -0.39 is 0 Å². The molecular weight excluding hydrogens is 421 g/mol. The van der Waals surface area contributed by atoms with Crippen molar-refractivity contribution in [3.8, 4) is 16.9 Å². The van der Waals surface area contributed by atoms with Crippen molar-refractivity contribution < 1.29 is 23.1 Å². The fraction of sp³-hybridized carbons (Fsp3) is 0.222. The molecule has 6 heteroatoms. The molecule has 0 unspecified atom stereocenters. The average Bonchev–Trinajstić information content (AvgIpc) is 3.27. The molecule has 0 fully saturated rings. The third kappa shape index (κ3) is 4.76. The number of esters is 1. The molecule has 2 N–H and O–H groups in total. The van der Waals surface area contributed by atoms with Gasteiger partial charge in [-0.15, -0.1) is 0 Å². The van der Waals surface area contributed by atoms with Crippen LogP contribution in [0.5, 0.6) is 5.75 Å². The number of fused-ring (bicyclic) bond motifs is 1. The zero-order valence-electron chi connectivity index (χ0n) is 18.7. The predicted octanol–water partition coefficient (Wildman–Crippen LogP) is 5.69. The minimum atomic E-state index is -0.355. The Kier molecular flexibility index (Phi) is 6.75. The van der Waals surface area contributed by atoms with Crippen molar-refractivity contribution in [1.29, 1.82) is 0 Å². The van der Waals surface area contributed by atoms with E-state index >= 15 is 4.39 Å². The molecule has 1 heterocycles. The minimum absolute atomic E-state index is 0.111. The van der Waals surface area contributed by atoms with Gasteiger partial charge in [-0.1, -0.05) is 36.4 Å². The molecular formula is C27H26FNO4. The van der Waals surface area contributed by atoms with Crippen LogP contribution in [0.25, 0.3) is 22.1 Å². The first-order valence-corrected chi connectivity index (χ1v) is 10.9. The van der Waals surface area contributed by atoms with Crippen molar-refractivity contribution in [2.75, 3.05) is 6.61 Å². The Hall–Kier alpha value is -3.64. The van der Waals surface area contributed by atoms with Crippen LogP contribution >= 0.6 is 0 Å². The van der Waals surface area contributed by atoms with Gasteiger partial charge in [-0.2, -0.15) is 0 Å². The van der Waals surface area contributed by atoms with Gasteiger partial charge >= 0.3 is 5.97 Å². The second-order valence-electron chi connectivity index (χ2n) is 7.80. The highest BCUT2D eigenvalue weighted by molar-refractivity contribution is 5.93. The van der Waals surface area contributed by atoms with E-state index in [-0.39, 0.29) is 31.4 Å². The lowest BCUT2D eigenvalue weighted by Crippen LogP contribution is -2.09. The lowest BCUT2D eigenvalue weighted by Gasteiger charge is -2.15. The molecule has 0 bridgehead atoms. The molecule has 170 valence electrons. The van der Waals surface area contributed by atoms with E-state index in [1.165, 1.54) is 0 Å². The van der Waals surface area contributed by atoms with Crippen molar-refractivity contribution in [3.63, 3.8) is 0 Å². The van der Waals surface area contributed by atoms with Gasteiger partial charge in [-0.25, -0.2) is 4.39 Å². The van der Waals surface area contributed by atoms with Crippen LogP contribution < -0.4 is 10.5 Å². The molecule has 0 amide bonds. The molecule has 1 aromatic heterocycles. The highest BCUT2D eigenvalue weighted by atomic mass is 19.1. The third-order valence-corrected chi connectivity index (χ3v) is 5.52. The van der Waals surface area contributed by atoms with Crippen LogP contribution in [-0.2, 0) is 29.1 Å². The maximum Gasteiger partial charge on any atom is 0.310 e. The second kappa shape index (κ2) is 9.88. The maximum atomic E-state index is 15.1. The lowest BCUT2D eigenvalue weighted by molar-refractivity contribution is -0.142. The van der Waals surface area contributed by atoms with Gasteiger partial charge in [0.15, 0.2) is 0 Å². The Balaban J connectivity index is 1.68. The van der Waals surface area contributed by atoms with Crippen LogP contribution in [0.15, 0.2) is 65.3 Å². The van der Waals surface area contributed by atoms with Gasteiger partial charge in [-0.05, 0) is 43.2 Å². The largest absolute Gasteiger partial charge is 0.488 e. The highest BCUT2D eigenvalue weighted by Crippen LogP contribution is 2.34. The summed E-state index contributed by atoms with van der Waals surface area (Å²) >= 11 is 0. The number of hydrogen-bond acceptors (Lipinski definition) is 5. The van der Waals surface area contributed by atoms with Gasteiger partial charge in [0.1, 0.15) is 23.8 Å². The summed E-state index contributed by atoms with van der Waals surface area (Å²) in [6.45, 7) is 4.40. The van der Waals surface area contributed by atoms with E-state index in [0.29, 0.717) is 34.6 Å². The van der Waals surface area contributed by atoms with E-state index in [9.17, 15) is 4.79 Å². The Bertz CT molecular complexity index is 1290. The number of ether oxygens (including phenoxy) is 2. The van der Waals surface area contributed by atoms with E-state index in [0.717, 1.165) is 22.1 Å². The zero-order valence-corrected chi connectivity index (χ0v) is 18.7. The predicted molar refractivity (Wildman–Crippen MR) is 125 cm³/mol. The average molecular weight is 448 g/mol. The van der Waals surface area contributed by atoms with Gasteiger partial charge in [0, 0.05) is 34.2 Å². The number of aryl methyl sites for hydroxylation is 1. The Morgan fingerprint density at radius 3 is 2.64 bits per heavy atom. The first-order valence-electron chi connectivity index (χ1n) is 10.9. The van der Waals surface area contributed by atoms with Gasteiger partial charge in [0.25, 0.3) is 0 Å². The number of nitrogens with two attached hydrogens (primary N) is 1. The van der Waals surface area contributed by atoms with E-state index in [4.69, 9.17) is 19.6 Å². The SMILES string of the molecule is CCOC(=O)Cc1cccc(C)c1OCc1cc(-c2cccc(CN)c2F)c2occc2c1. The van der Waals surface area contributed by atoms with Crippen LogP contribution in [0.4, 0.5) is 4.39 Å². The number of rotatable bonds is 8. The smallest absolute Gasteiger partial charge is 0.310 e. The van der Waals surface area contributed by atoms with Crippen molar-refractivity contribution in [2.45, 2.75) is 33.4 Å². The summed E-state index contributed by atoms with van der Waals surface area (Å²) in [4.78, 5) is 12.0. The number of furan rings is 1. The van der Waals surface area contributed by atoms with Crippen LogP contribution in [0.2, 0.25) is 0 Å². The van der Waals surface area contributed by atoms with Crippen LogP contribution in [0, 0.1) is 12.7 Å². The molecule has 0 aliphatic rings. The first kappa shape index (κ1) is 22.6. The standard InChI is InChI=1S/C27H26FNO4/c1-3-31-24(30)14-19-7-4-6-17(2)26(19)33-16-18-12-20-10-11-32-27(20)23(13-18)22-9-5-8-21(15-29)25(22)28/h4-13H,3,14-16,29H2,1-2H3. The first-order chi connectivity index (χ1) is 16.0. The van der Waals surface area contributed by atoms with Crippen molar-refractivity contribution >= 4 is 16.9 Å². The van der Waals surface area contributed by atoms with Crippen LogP contribution in [0.3, 0.4) is 0 Å². The molecule has 33 heavy (non-hydrogen) atoms. The molecule has 0 atom stereocenters. The number of halogens is 1. The van der Waals surface area contributed by atoms with E-state index in [2.05, 4.69) is 0 Å². The summed E-state index contributed by atoms with van der Waals surface area (Å²) < 4.78 is 32.0. The molecule has 0 aliphatic carbocycles. The number of hydrogen-bond donors (Lipinski definition) is 1. The molecule has 0 saturated carbocycles. The molecule has 0 radical (unpaired) electrons. The zero-order chi connectivity index (χ0) is 23.4. The summed E-state index contributed by atoms with van der Waals surface area (Å²) in [7, 11) is 0. The number of benzene rings is 3. The van der Waals surface area contributed by atoms with Crippen LogP contribution in [-0.4, -0.2) is 12.6 Å². The van der Waals surface area contributed by atoms with Crippen LogP contribution in [0.1, 0.15) is 29.2 Å². The summed E-state index contributed by atoms with van der Waals surface area (Å²) in [6, 6.07) is 16.5. The topological polar surface area (TPSA) is 74.7 Å². The summed E-state index contributed by atoms with van der Waals surface area (Å²) in [5.74, 6) is -0.00703. The monoisotopic (exact) mass is 447 g/mol. The summed E-state index contributed by atoms with van der Waals surface area (Å²) in [5, 5.41) is 0.847. The van der Waals surface area contributed by atoms with Crippen molar-refractivity contribution in [3.05, 3.63) is 88.9 Å². The molecule has 4 aromatic rings. The molecule has 0 saturated heterocycles. The van der Waals surface area contributed by atoms with Gasteiger partial charge in [0.05, 0.1) is 19.3 Å². The third-order valence-electron chi connectivity index (χ3n) is 5.52. The van der Waals surface area contributed by atoms with Gasteiger partial charge < -0.3 is 19.6 Å². The Morgan fingerprint density at radius 1 is 1.06 bits per heavy atom. The minimum Gasteiger partial charge on any atom is -0.488 e. The normalized spacial score (nSPS) is 11.0. The maximum absolute atomic E-state index is 15.1. The number of para-hydroxylation sites is 1. The van der Waals surface area contributed by atoms with E-state index in [1.54, 1.807) is 31.4 Å². The number of carbonyl (C=O) groups excluding carboxylic acids is 1. The summed E-state index contributed by atoms with van der Waals surface area (Å²) in [5.41, 5.74) is 10.3. The fourth-order valence-electron chi connectivity index (χ4n) is 3.95. The fourth-order valence-corrected chi connectivity index (χ4v) is 3.95. The van der Waals surface area contributed by atoms with Crippen molar-refractivity contribution in [1.82, 2.24) is 0 Å². The summed E-state index contributed by atoms with van der Waals surface area (Å²) in [6.07, 6.45) is 1.72. The molecule has 0 spiro atoms. The molecule has 0 aliphatic heterocycles. The lowest BCUT2D eigenvalue weighted by atomic mass is 9.98. The molecule has 3 aromatic carbocycles. The Morgan fingerprint density at radius 2 is 1.85 bits per heavy atom. The highest BCUT2D eigenvalue weighted by Gasteiger charge is 2.17. The van der Waals surface area contributed by atoms with Gasteiger partial charge in [0.2, 0.25) is 0 Å². The van der Waals surface area contributed by atoms with Crippen molar-refractivity contribution in [2.24, 2.45) is 5.73 Å². The molecule has 5 nitrogen and oxygen atoms in total. The second-order valence-corrected chi connectivity index (χ2v) is 7.80. The quantitative estimate of drug-likeness (QED) is 0.351.